The molecule has 1 atom stereocenters. The molecule has 0 unspecified atom stereocenters. The van der Waals surface area contributed by atoms with Crippen molar-refractivity contribution in [3.05, 3.63) is 70.3 Å². The van der Waals surface area contributed by atoms with Gasteiger partial charge in [-0.2, -0.15) is 0 Å². The number of hydrogen-bond acceptors (Lipinski definition) is 5. The molecular weight excluding hydrogens is 440 g/mol. The fraction of sp³-hybridized carbons (Fsp3) is 0.385. The van der Waals surface area contributed by atoms with Gasteiger partial charge in [-0.05, 0) is 68.9 Å². The first-order chi connectivity index (χ1) is 15.8. The molecule has 1 fully saturated rings. The Labute approximate surface area is 200 Å². The van der Waals surface area contributed by atoms with Crippen LogP contribution in [0.1, 0.15) is 44.9 Å². The molecule has 0 bridgehead atoms. The highest BCUT2D eigenvalue weighted by molar-refractivity contribution is 6.46. The molecular formula is C26H31ClN2O4. The molecule has 1 aliphatic rings. The summed E-state index contributed by atoms with van der Waals surface area (Å²) >= 11 is 6.07. The largest absolute Gasteiger partial charge is 0.507 e. The summed E-state index contributed by atoms with van der Waals surface area (Å²) in [7, 11) is 0. The van der Waals surface area contributed by atoms with Crippen LogP contribution in [0.4, 0.5) is 0 Å². The maximum absolute atomic E-state index is 13.1. The standard InChI is InChI=1S/C26H31ClN2O4/c1-5-28(6-2)15-16-29-23(18-7-11-20(27)12-8-18)22(25(31)26(29)32)24(30)19-9-13-21(14-10-19)33-17(3)4/h7-14,17,23,30H,5-6,15-16H2,1-4H3/b24-22+/t23-/m1/s1. The van der Waals surface area contributed by atoms with Crippen LogP contribution in [-0.2, 0) is 9.59 Å². The van der Waals surface area contributed by atoms with Crippen LogP contribution in [0, 0.1) is 0 Å². The predicted octanol–water partition coefficient (Wildman–Crippen LogP) is 4.89. The minimum Gasteiger partial charge on any atom is -0.507 e. The number of ether oxygens (including phenoxy) is 1. The number of rotatable bonds is 9. The topological polar surface area (TPSA) is 70.1 Å². The Bertz CT molecular complexity index is 1010. The molecule has 1 heterocycles. The second-order valence-corrected chi connectivity index (χ2v) is 8.70. The lowest BCUT2D eigenvalue weighted by Crippen LogP contribution is -2.38. The summed E-state index contributed by atoms with van der Waals surface area (Å²) in [5.41, 5.74) is 1.26. The summed E-state index contributed by atoms with van der Waals surface area (Å²) in [6, 6.07) is 13.2. The van der Waals surface area contributed by atoms with Gasteiger partial charge in [-0.15, -0.1) is 0 Å². The SMILES string of the molecule is CCN(CC)CCN1C(=O)C(=O)/C(=C(/O)c2ccc(OC(C)C)cc2)[C@H]1c1ccc(Cl)cc1. The molecule has 0 saturated carbocycles. The zero-order valence-corrected chi connectivity index (χ0v) is 20.3. The van der Waals surface area contributed by atoms with Crippen LogP contribution in [0.5, 0.6) is 5.75 Å². The maximum Gasteiger partial charge on any atom is 0.295 e. The Hall–Kier alpha value is -2.83. The van der Waals surface area contributed by atoms with Crippen molar-refractivity contribution in [3.8, 4) is 5.75 Å². The number of ketones is 1. The quantitative estimate of drug-likeness (QED) is 0.321. The van der Waals surface area contributed by atoms with E-state index in [1.165, 1.54) is 0 Å². The first kappa shape index (κ1) is 24.8. The first-order valence-corrected chi connectivity index (χ1v) is 11.7. The molecule has 1 N–H and O–H groups in total. The number of likely N-dealkylation sites (N-methyl/N-ethyl adjacent to an activating group) is 1. The Morgan fingerprint density at radius 3 is 2.21 bits per heavy atom. The Balaban J connectivity index is 2.04. The van der Waals surface area contributed by atoms with E-state index in [0.717, 1.165) is 18.7 Å². The lowest BCUT2D eigenvalue weighted by Gasteiger charge is -2.28. The average molecular weight is 471 g/mol. The van der Waals surface area contributed by atoms with E-state index >= 15 is 0 Å². The molecule has 176 valence electrons. The van der Waals surface area contributed by atoms with Crippen molar-refractivity contribution in [1.29, 1.82) is 0 Å². The van der Waals surface area contributed by atoms with Gasteiger partial charge in [0.1, 0.15) is 11.5 Å². The summed E-state index contributed by atoms with van der Waals surface area (Å²) in [6.45, 7) is 10.7. The van der Waals surface area contributed by atoms with Crippen molar-refractivity contribution in [3.63, 3.8) is 0 Å². The van der Waals surface area contributed by atoms with Gasteiger partial charge in [0.2, 0.25) is 0 Å². The maximum atomic E-state index is 13.1. The van der Waals surface area contributed by atoms with Crippen LogP contribution in [0.25, 0.3) is 5.76 Å². The van der Waals surface area contributed by atoms with Crippen molar-refractivity contribution >= 4 is 29.1 Å². The molecule has 33 heavy (non-hydrogen) atoms. The zero-order valence-electron chi connectivity index (χ0n) is 19.5. The van der Waals surface area contributed by atoms with E-state index in [2.05, 4.69) is 18.7 Å². The lowest BCUT2D eigenvalue weighted by molar-refractivity contribution is -0.140. The highest BCUT2D eigenvalue weighted by atomic mass is 35.5. The van der Waals surface area contributed by atoms with Crippen LogP contribution in [0.2, 0.25) is 5.02 Å². The number of hydrogen-bond donors (Lipinski definition) is 1. The van der Waals surface area contributed by atoms with Gasteiger partial charge < -0.3 is 19.6 Å². The molecule has 0 radical (unpaired) electrons. The predicted molar refractivity (Wildman–Crippen MR) is 130 cm³/mol. The monoisotopic (exact) mass is 470 g/mol. The van der Waals surface area contributed by atoms with E-state index in [1.807, 2.05) is 13.8 Å². The van der Waals surface area contributed by atoms with Gasteiger partial charge in [-0.25, -0.2) is 0 Å². The molecule has 2 aromatic rings. The van der Waals surface area contributed by atoms with Crippen LogP contribution in [0.3, 0.4) is 0 Å². The van der Waals surface area contributed by atoms with Gasteiger partial charge in [0, 0.05) is 23.7 Å². The van der Waals surface area contributed by atoms with Crippen molar-refractivity contribution in [2.45, 2.75) is 39.8 Å². The van der Waals surface area contributed by atoms with Crippen LogP contribution in [-0.4, -0.2) is 58.9 Å². The zero-order chi connectivity index (χ0) is 24.1. The van der Waals surface area contributed by atoms with Crippen molar-refractivity contribution < 1.29 is 19.4 Å². The fourth-order valence-electron chi connectivity index (χ4n) is 4.01. The van der Waals surface area contributed by atoms with Gasteiger partial charge in [0.25, 0.3) is 11.7 Å². The average Bonchev–Trinajstić information content (AvgIpc) is 3.05. The number of aliphatic hydroxyl groups is 1. The minimum atomic E-state index is -0.690. The third kappa shape index (κ3) is 5.57. The van der Waals surface area contributed by atoms with Gasteiger partial charge in [0.05, 0.1) is 17.7 Å². The lowest BCUT2D eigenvalue weighted by atomic mass is 9.95. The molecule has 0 aromatic heterocycles. The van der Waals surface area contributed by atoms with Crippen molar-refractivity contribution in [2.75, 3.05) is 26.2 Å². The van der Waals surface area contributed by atoms with E-state index in [4.69, 9.17) is 16.3 Å². The fourth-order valence-corrected chi connectivity index (χ4v) is 4.14. The molecule has 3 rings (SSSR count). The number of aliphatic hydroxyl groups excluding tert-OH is 1. The van der Waals surface area contributed by atoms with E-state index in [1.54, 1.807) is 53.4 Å². The van der Waals surface area contributed by atoms with E-state index in [9.17, 15) is 14.7 Å². The number of Topliss-reactive ketones (excluding diaryl/α,β-unsaturated/α-hetero) is 1. The van der Waals surface area contributed by atoms with Crippen LogP contribution < -0.4 is 4.74 Å². The molecule has 1 amide bonds. The van der Waals surface area contributed by atoms with Crippen molar-refractivity contribution in [2.24, 2.45) is 0 Å². The summed E-state index contributed by atoms with van der Waals surface area (Å²) in [5.74, 6) is -0.830. The van der Waals surface area contributed by atoms with E-state index in [-0.39, 0.29) is 17.4 Å². The summed E-state index contributed by atoms with van der Waals surface area (Å²) in [4.78, 5) is 29.9. The third-order valence-electron chi connectivity index (χ3n) is 5.78. The number of carbonyl (C=O) groups excluding carboxylic acids is 2. The van der Waals surface area contributed by atoms with Gasteiger partial charge in [-0.3, -0.25) is 9.59 Å². The van der Waals surface area contributed by atoms with Gasteiger partial charge in [-0.1, -0.05) is 37.6 Å². The van der Waals surface area contributed by atoms with E-state index < -0.39 is 17.7 Å². The molecule has 0 aliphatic carbocycles. The highest BCUT2D eigenvalue weighted by Gasteiger charge is 2.45. The Morgan fingerprint density at radius 2 is 1.67 bits per heavy atom. The molecule has 0 spiro atoms. The van der Waals surface area contributed by atoms with Crippen molar-refractivity contribution in [1.82, 2.24) is 9.80 Å². The van der Waals surface area contributed by atoms with Gasteiger partial charge in [0.15, 0.2) is 0 Å². The van der Waals surface area contributed by atoms with Gasteiger partial charge >= 0.3 is 0 Å². The number of benzene rings is 2. The third-order valence-corrected chi connectivity index (χ3v) is 6.03. The Morgan fingerprint density at radius 1 is 1.06 bits per heavy atom. The summed E-state index contributed by atoms with van der Waals surface area (Å²) in [5, 5.41) is 11.7. The normalized spacial score (nSPS) is 17.9. The molecule has 1 saturated heterocycles. The highest BCUT2D eigenvalue weighted by Crippen LogP contribution is 2.39. The van der Waals surface area contributed by atoms with Crippen LogP contribution >= 0.6 is 11.6 Å². The molecule has 7 heteroatoms. The molecule has 6 nitrogen and oxygen atoms in total. The number of halogens is 1. The first-order valence-electron chi connectivity index (χ1n) is 11.3. The van der Waals surface area contributed by atoms with Crippen LogP contribution in [0.15, 0.2) is 54.1 Å². The smallest absolute Gasteiger partial charge is 0.295 e. The number of carbonyl (C=O) groups is 2. The minimum absolute atomic E-state index is 0.0190. The number of amides is 1. The number of likely N-dealkylation sites (tertiary alicyclic amines) is 1. The molecule has 2 aromatic carbocycles. The van der Waals surface area contributed by atoms with E-state index in [0.29, 0.717) is 29.4 Å². The Kier molecular flexibility index (Phi) is 8.16. The molecule has 1 aliphatic heterocycles. The second-order valence-electron chi connectivity index (χ2n) is 8.26. The number of nitrogens with zero attached hydrogens (tertiary/aromatic N) is 2. The summed E-state index contributed by atoms with van der Waals surface area (Å²) in [6.07, 6.45) is 0.0190. The second kappa shape index (κ2) is 10.9. The summed E-state index contributed by atoms with van der Waals surface area (Å²) < 4.78 is 5.66.